The van der Waals surface area contributed by atoms with E-state index in [1.54, 1.807) is 0 Å². The van der Waals surface area contributed by atoms with Gasteiger partial charge in [0.05, 0.1) is 11.4 Å². The Labute approximate surface area is 112 Å². The largest absolute Gasteiger partial charge is 0.376 e. The molecule has 5 heteroatoms. The van der Waals surface area contributed by atoms with Crippen LogP contribution < -0.4 is 5.32 Å². The van der Waals surface area contributed by atoms with Gasteiger partial charge in [-0.3, -0.25) is 4.79 Å². The second kappa shape index (κ2) is 7.32. The smallest absolute Gasteiger partial charge is 0.230 e. The topological polar surface area (TPSA) is 38.3 Å². The summed E-state index contributed by atoms with van der Waals surface area (Å²) in [5, 5.41) is 2.93. The summed E-state index contributed by atoms with van der Waals surface area (Å²) in [6, 6.07) is 0. The fraction of sp³-hybridized carbons (Fsp3) is 0.917. The van der Waals surface area contributed by atoms with Crippen LogP contribution in [0.15, 0.2) is 0 Å². The molecule has 0 aliphatic rings. The van der Waals surface area contributed by atoms with Crippen LogP contribution in [0.25, 0.3) is 0 Å². The van der Waals surface area contributed by atoms with Gasteiger partial charge in [0.15, 0.2) is 0 Å². The van der Waals surface area contributed by atoms with Gasteiger partial charge in [0.1, 0.15) is 7.85 Å². The molecule has 0 fully saturated rings. The van der Waals surface area contributed by atoms with Gasteiger partial charge >= 0.3 is 0 Å². The van der Waals surface area contributed by atoms with Gasteiger partial charge < -0.3 is 10.1 Å². The van der Waals surface area contributed by atoms with Crippen LogP contribution in [0.2, 0.25) is 6.32 Å². The monoisotopic (exact) mass is 259 g/mol. The summed E-state index contributed by atoms with van der Waals surface area (Å²) in [5.41, 5.74) is -0.305. The Morgan fingerprint density at radius 2 is 1.88 bits per heavy atom. The van der Waals surface area contributed by atoms with Crippen molar-refractivity contribution in [3.05, 3.63) is 0 Å². The lowest BCUT2D eigenvalue weighted by molar-refractivity contribution is -0.120. The maximum atomic E-state index is 11.3. The number of amides is 1. The van der Waals surface area contributed by atoms with Gasteiger partial charge in [-0.2, -0.15) is 12.6 Å². The quantitative estimate of drug-likeness (QED) is 0.511. The van der Waals surface area contributed by atoms with Gasteiger partial charge in [-0.15, -0.1) is 0 Å². The van der Waals surface area contributed by atoms with Gasteiger partial charge in [-0.05, 0) is 40.5 Å². The molecule has 0 saturated heterocycles. The molecule has 0 rings (SSSR count). The van der Waals surface area contributed by atoms with E-state index in [9.17, 15) is 4.79 Å². The van der Waals surface area contributed by atoms with Crippen LogP contribution in [-0.2, 0) is 9.53 Å². The Hall–Kier alpha value is -0.155. The van der Waals surface area contributed by atoms with E-state index in [4.69, 9.17) is 4.74 Å². The molecule has 0 aromatic carbocycles. The molecule has 0 saturated carbocycles. The average molecular weight is 259 g/mol. The van der Waals surface area contributed by atoms with E-state index in [2.05, 4.69) is 39.6 Å². The molecule has 0 aliphatic carbocycles. The molecule has 1 N–H and O–H groups in total. The third-order valence-corrected chi connectivity index (χ3v) is 2.98. The Bertz CT molecular complexity index is 245. The molecular formula is C12H26BNO2S. The molecule has 0 aromatic rings. The molecule has 3 nitrogen and oxygen atoms in total. The number of hydrogen-bond acceptors (Lipinski definition) is 3. The van der Waals surface area contributed by atoms with Gasteiger partial charge in [0.2, 0.25) is 5.91 Å². The summed E-state index contributed by atoms with van der Waals surface area (Å²) < 4.78 is 5.85. The van der Waals surface area contributed by atoms with Crippen LogP contribution in [0, 0.1) is 0 Å². The summed E-state index contributed by atoms with van der Waals surface area (Å²) in [5.74, 6) is 0.192. The fourth-order valence-corrected chi connectivity index (χ4v) is 1.82. The molecule has 100 valence electrons. The number of nitrogens with one attached hydrogen (secondary N) is 1. The number of rotatable bonds is 8. The molecule has 17 heavy (non-hydrogen) atoms. The minimum Gasteiger partial charge on any atom is -0.376 e. The van der Waals surface area contributed by atoms with Crippen molar-refractivity contribution in [3.63, 3.8) is 0 Å². The van der Waals surface area contributed by atoms with Crippen molar-refractivity contribution in [1.29, 1.82) is 0 Å². The first-order valence-electron chi connectivity index (χ1n) is 6.28. The number of carbonyl (C=O) groups is 1. The highest BCUT2D eigenvalue weighted by Crippen LogP contribution is 2.18. The van der Waals surface area contributed by atoms with Crippen molar-refractivity contribution in [2.75, 3.05) is 12.4 Å². The van der Waals surface area contributed by atoms with E-state index in [-0.39, 0.29) is 22.8 Å². The maximum absolute atomic E-state index is 11.3. The summed E-state index contributed by atoms with van der Waals surface area (Å²) >= 11 is 3.95. The Morgan fingerprint density at radius 1 is 1.29 bits per heavy atom. The summed E-state index contributed by atoms with van der Waals surface area (Å²) in [6.45, 7) is 8.88. The first-order valence-corrected chi connectivity index (χ1v) is 6.91. The molecule has 0 spiro atoms. The van der Waals surface area contributed by atoms with Gasteiger partial charge in [-0.1, -0.05) is 6.32 Å². The lowest BCUT2D eigenvalue weighted by Crippen LogP contribution is -2.45. The zero-order chi connectivity index (χ0) is 13.5. The molecular weight excluding hydrogens is 233 g/mol. The third-order valence-electron chi connectivity index (χ3n) is 2.69. The maximum Gasteiger partial charge on any atom is 0.230 e. The zero-order valence-electron chi connectivity index (χ0n) is 11.8. The predicted molar refractivity (Wildman–Crippen MR) is 78.7 cm³/mol. The molecule has 0 bridgehead atoms. The lowest BCUT2D eigenvalue weighted by Gasteiger charge is -2.30. The number of thiol groups is 1. The van der Waals surface area contributed by atoms with Crippen molar-refractivity contribution in [1.82, 2.24) is 5.32 Å². The van der Waals surface area contributed by atoms with Crippen LogP contribution in [-0.4, -0.2) is 37.3 Å². The van der Waals surface area contributed by atoms with Crippen LogP contribution in [0.3, 0.4) is 0 Å². The lowest BCUT2D eigenvalue weighted by atomic mass is 9.92. The minimum atomic E-state index is -0.234. The minimum absolute atomic E-state index is 0.0360. The summed E-state index contributed by atoms with van der Waals surface area (Å²) in [6.07, 6.45) is 2.98. The number of ether oxygens (including phenoxy) is 1. The van der Waals surface area contributed by atoms with Crippen molar-refractivity contribution in [3.8, 4) is 0 Å². The van der Waals surface area contributed by atoms with Crippen molar-refractivity contribution < 1.29 is 9.53 Å². The normalized spacial score (nSPS) is 12.5. The van der Waals surface area contributed by atoms with Crippen molar-refractivity contribution in [2.24, 2.45) is 0 Å². The SMILES string of the molecule is BCCC(C)(C)OCCC(C)(C)NC(=O)CS. The summed E-state index contributed by atoms with van der Waals surface area (Å²) in [7, 11) is 2.15. The Morgan fingerprint density at radius 3 is 2.35 bits per heavy atom. The van der Waals surface area contributed by atoms with Crippen molar-refractivity contribution >= 4 is 26.4 Å². The molecule has 1 amide bonds. The van der Waals surface area contributed by atoms with Crippen LogP contribution >= 0.6 is 12.6 Å². The molecule has 0 unspecified atom stereocenters. The van der Waals surface area contributed by atoms with Crippen molar-refractivity contribution in [2.45, 2.75) is 58.0 Å². The second-order valence-electron chi connectivity index (χ2n) is 5.70. The first-order chi connectivity index (χ1) is 7.72. The first kappa shape index (κ1) is 16.8. The Balaban J connectivity index is 3.98. The average Bonchev–Trinajstić information content (AvgIpc) is 2.15. The zero-order valence-corrected chi connectivity index (χ0v) is 12.7. The van der Waals surface area contributed by atoms with E-state index in [0.717, 1.165) is 19.2 Å². The number of hydrogen-bond donors (Lipinski definition) is 2. The standard InChI is InChI=1S/C12H26BNO2S/c1-11(2,14-10(15)9-17)6-8-16-12(3,4)5-7-13/h17H,5-9,13H2,1-4H3,(H,14,15). The van der Waals surface area contributed by atoms with Gasteiger partial charge in [0.25, 0.3) is 0 Å². The summed E-state index contributed by atoms with van der Waals surface area (Å²) in [4.78, 5) is 11.3. The van der Waals surface area contributed by atoms with E-state index in [1.807, 2.05) is 13.8 Å². The van der Waals surface area contributed by atoms with E-state index in [0.29, 0.717) is 6.61 Å². The highest BCUT2D eigenvalue weighted by molar-refractivity contribution is 7.81. The molecule has 0 radical (unpaired) electrons. The molecule has 0 aromatic heterocycles. The van der Waals surface area contributed by atoms with Gasteiger partial charge in [0, 0.05) is 12.1 Å². The van der Waals surface area contributed by atoms with Crippen LogP contribution in [0.1, 0.15) is 40.5 Å². The molecule has 0 heterocycles. The van der Waals surface area contributed by atoms with E-state index >= 15 is 0 Å². The highest BCUT2D eigenvalue weighted by Gasteiger charge is 2.22. The molecule has 0 aliphatic heterocycles. The predicted octanol–water partition coefficient (Wildman–Crippen LogP) is 1.44. The van der Waals surface area contributed by atoms with E-state index in [1.165, 1.54) is 0 Å². The highest BCUT2D eigenvalue weighted by atomic mass is 32.1. The van der Waals surface area contributed by atoms with Crippen LogP contribution in [0.4, 0.5) is 0 Å². The van der Waals surface area contributed by atoms with Crippen LogP contribution in [0.5, 0.6) is 0 Å². The molecule has 0 atom stereocenters. The second-order valence-corrected chi connectivity index (χ2v) is 6.01. The Kier molecular flexibility index (Phi) is 7.25. The fourth-order valence-electron chi connectivity index (χ4n) is 1.74. The number of carbonyl (C=O) groups excluding carboxylic acids is 1. The van der Waals surface area contributed by atoms with Gasteiger partial charge in [-0.25, -0.2) is 0 Å². The van der Waals surface area contributed by atoms with E-state index < -0.39 is 0 Å². The third kappa shape index (κ3) is 8.55.